The molecule has 0 bridgehead atoms. The van der Waals surface area contributed by atoms with E-state index in [1.54, 1.807) is 18.2 Å². The molecule has 2 heterocycles. The third-order valence-electron chi connectivity index (χ3n) is 2.37. The van der Waals surface area contributed by atoms with E-state index in [-0.39, 0.29) is 5.69 Å². The molecule has 5 heteroatoms. The van der Waals surface area contributed by atoms with E-state index in [1.807, 2.05) is 6.07 Å². The van der Waals surface area contributed by atoms with E-state index in [9.17, 15) is 9.59 Å². The highest BCUT2D eigenvalue weighted by atomic mass is 16.2. The van der Waals surface area contributed by atoms with Gasteiger partial charge in [0.2, 0.25) is 0 Å². The van der Waals surface area contributed by atoms with Gasteiger partial charge in [-0.2, -0.15) is 0 Å². The molecule has 1 aromatic heterocycles. The molecule has 0 atom stereocenters. The normalized spacial score (nSPS) is 14.7. The Labute approximate surface area is 83.8 Å². The second-order valence-electron chi connectivity index (χ2n) is 3.23. The molecule has 0 unspecified atom stereocenters. The van der Waals surface area contributed by atoms with E-state index >= 15 is 0 Å². The Balaban J connectivity index is 2.47. The number of para-hydroxylation sites is 1. The number of carbonyl (C=O) groups is 2. The van der Waals surface area contributed by atoms with Crippen LogP contribution in [0.3, 0.4) is 0 Å². The Kier molecular flexibility index (Phi) is 1.39. The van der Waals surface area contributed by atoms with Crippen LogP contribution in [-0.2, 0) is 0 Å². The molecule has 1 aliphatic heterocycles. The number of benzene rings is 1. The Morgan fingerprint density at radius 2 is 1.73 bits per heavy atom. The summed E-state index contributed by atoms with van der Waals surface area (Å²) < 4.78 is 0. The summed E-state index contributed by atoms with van der Waals surface area (Å²) in [6.07, 6.45) is 0. The fourth-order valence-electron chi connectivity index (χ4n) is 1.72. The lowest BCUT2D eigenvalue weighted by molar-refractivity contribution is 0.0919. The Morgan fingerprint density at radius 3 is 2.60 bits per heavy atom. The molecule has 15 heavy (non-hydrogen) atoms. The lowest BCUT2D eigenvalue weighted by Gasteiger charge is -1.99. The fraction of sp³-hybridized carbons (Fsp3) is 0. The van der Waals surface area contributed by atoms with Gasteiger partial charge >= 0.3 is 5.91 Å². The van der Waals surface area contributed by atoms with Crippen molar-refractivity contribution in [2.75, 3.05) is 0 Å². The zero-order valence-electron chi connectivity index (χ0n) is 7.52. The standard InChI is InChI=1S/C10H5N3O2/c14-9-7-5-3-1-2-4-6(5)11-8(7)10(15)13-12-9/h1-4,11H. The number of aromatic nitrogens is 1. The maximum absolute atomic E-state index is 11.5. The lowest BCUT2D eigenvalue weighted by atomic mass is 10.1. The molecule has 0 radical (unpaired) electrons. The first kappa shape index (κ1) is 8.05. The van der Waals surface area contributed by atoms with Crippen LogP contribution >= 0.6 is 0 Å². The number of hydrogen-bond acceptors (Lipinski definition) is 2. The predicted molar refractivity (Wildman–Crippen MR) is 51.8 cm³/mol. The molecule has 0 saturated carbocycles. The van der Waals surface area contributed by atoms with Gasteiger partial charge in [-0.3, -0.25) is 9.59 Å². The molecule has 3 rings (SSSR count). The molecule has 72 valence electrons. The second kappa shape index (κ2) is 2.60. The number of fused-ring (bicyclic) bond motifs is 3. The van der Waals surface area contributed by atoms with Gasteiger partial charge in [-0.05, 0) is 6.07 Å². The molecule has 2 aromatic rings. The smallest absolute Gasteiger partial charge is 0.312 e. The van der Waals surface area contributed by atoms with Crippen LogP contribution in [0.15, 0.2) is 34.5 Å². The monoisotopic (exact) mass is 199 g/mol. The van der Waals surface area contributed by atoms with Crippen molar-refractivity contribution in [2.45, 2.75) is 0 Å². The van der Waals surface area contributed by atoms with Crippen LogP contribution in [0, 0.1) is 0 Å². The third-order valence-corrected chi connectivity index (χ3v) is 2.37. The van der Waals surface area contributed by atoms with E-state index in [0.29, 0.717) is 10.9 Å². The summed E-state index contributed by atoms with van der Waals surface area (Å²) in [5.41, 5.74) is 1.30. The van der Waals surface area contributed by atoms with Crippen LogP contribution in [0.5, 0.6) is 0 Å². The summed E-state index contributed by atoms with van der Waals surface area (Å²) in [5.74, 6) is -0.970. The van der Waals surface area contributed by atoms with Crippen LogP contribution in [0.1, 0.15) is 20.8 Å². The molecule has 0 spiro atoms. The van der Waals surface area contributed by atoms with Crippen molar-refractivity contribution in [3.63, 3.8) is 0 Å². The summed E-state index contributed by atoms with van der Waals surface area (Å²) in [7, 11) is 0. The molecule has 2 amide bonds. The van der Waals surface area contributed by atoms with E-state index < -0.39 is 11.8 Å². The van der Waals surface area contributed by atoms with Gasteiger partial charge in [0.25, 0.3) is 5.91 Å². The van der Waals surface area contributed by atoms with Crippen LogP contribution in [0.4, 0.5) is 0 Å². The summed E-state index contributed by atoms with van der Waals surface area (Å²) in [4.78, 5) is 25.7. The Bertz CT molecular complexity index is 625. The van der Waals surface area contributed by atoms with E-state index in [2.05, 4.69) is 15.2 Å². The van der Waals surface area contributed by atoms with Crippen molar-refractivity contribution in [1.82, 2.24) is 4.98 Å². The minimum atomic E-state index is -0.499. The molecule has 0 saturated heterocycles. The van der Waals surface area contributed by atoms with Gasteiger partial charge in [0.1, 0.15) is 5.69 Å². The minimum Gasteiger partial charge on any atom is -0.350 e. The van der Waals surface area contributed by atoms with Crippen molar-refractivity contribution in [3.8, 4) is 0 Å². The van der Waals surface area contributed by atoms with Crippen molar-refractivity contribution in [3.05, 3.63) is 35.5 Å². The van der Waals surface area contributed by atoms with Gasteiger partial charge < -0.3 is 4.98 Å². The zero-order valence-corrected chi connectivity index (χ0v) is 7.52. The summed E-state index contributed by atoms with van der Waals surface area (Å²) in [6.45, 7) is 0. The number of hydrogen-bond donors (Lipinski definition) is 1. The number of rotatable bonds is 0. The van der Waals surface area contributed by atoms with Gasteiger partial charge in [0.05, 0.1) is 5.56 Å². The molecular formula is C10H5N3O2. The number of amides is 2. The van der Waals surface area contributed by atoms with Crippen molar-refractivity contribution in [2.24, 2.45) is 10.2 Å². The highest BCUT2D eigenvalue weighted by Gasteiger charge is 2.26. The number of azo groups is 1. The molecular weight excluding hydrogens is 194 g/mol. The van der Waals surface area contributed by atoms with Crippen LogP contribution in [0.2, 0.25) is 0 Å². The molecule has 0 aliphatic carbocycles. The second-order valence-corrected chi connectivity index (χ2v) is 3.23. The topological polar surface area (TPSA) is 74.7 Å². The largest absolute Gasteiger partial charge is 0.350 e. The molecule has 1 aromatic carbocycles. The Morgan fingerprint density at radius 1 is 1.00 bits per heavy atom. The number of nitrogens with zero attached hydrogens (tertiary/aromatic N) is 2. The number of aromatic amines is 1. The highest BCUT2D eigenvalue weighted by Crippen LogP contribution is 2.26. The minimum absolute atomic E-state index is 0.233. The average Bonchev–Trinajstić information content (AvgIpc) is 2.64. The van der Waals surface area contributed by atoms with E-state index in [4.69, 9.17) is 0 Å². The molecule has 0 fully saturated rings. The van der Waals surface area contributed by atoms with Crippen LogP contribution < -0.4 is 0 Å². The Hall–Kier alpha value is -2.30. The molecule has 1 aliphatic rings. The molecule has 1 N–H and O–H groups in total. The summed E-state index contributed by atoms with van der Waals surface area (Å²) in [5, 5.41) is 7.26. The molecule has 5 nitrogen and oxygen atoms in total. The van der Waals surface area contributed by atoms with Gasteiger partial charge in [-0.25, -0.2) is 0 Å². The van der Waals surface area contributed by atoms with Gasteiger partial charge in [0.15, 0.2) is 0 Å². The maximum atomic E-state index is 11.5. The van der Waals surface area contributed by atoms with Gasteiger partial charge in [-0.15, -0.1) is 10.2 Å². The van der Waals surface area contributed by atoms with Crippen molar-refractivity contribution in [1.29, 1.82) is 0 Å². The van der Waals surface area contributed by atoms with Gasteiger partial charge in [-0.1, -0.05) is 18.2 Å². The maximum Gasteiger partial charge on any atom is 0.312 e. The van der Waals surface area contributed by atoms with Gasteiger partial charge in [0, 0.05) is 10.9 Å². The fourth-order valence-corrected chi connectivity index (χ4v) is 1.72. The van der Waals surface area contributed by atoms with Crippen LogP contribution in [-0.4, -0.2) is 16.8 Å². The lowest BCUT2D eigenvalue weighted by Crippen LogP contribution is -2.09. The zero-order chi connectivity index (χ0) is 10.4. The SMILES string of the molecule is O=C1N=NC(=O)c2c1[nH]c1ccccc21. The quantitative estimate of drug-likeness (QED) is 0.703. The highest BCUT2D eigenvalue weighted by molar-refractivity contribution is 6.18. The average molecular weight is 199 g/mol. The first-order valence-electron chi connectivity index (χ1n) is 4.38. The van der Waals surface area contributed by atoms with E-state index in [0.717, 1.165) is 5.52 Å². The third kappa shape index (κ3) is 0.969. The summed E-state index contributed by atoms with van der Waals surface area (Å²) >= 11 is 0. The van der Waals surface area contributed by atoms with E-state index in [1.165, 1.54) is 0 Å². The predicted octanol–water partition coefficient (Wildman–Crippen LogP) is 1.91. The number of carbonyl (C=O) groups excluding carboxylic acids is 2. The van der Waals surface area contributed by atoms with Crippen molar-refractivity contribution >= 4 is 22.7 Å². The number of H-pyrrole nitrogens is 1. The number of nitrogens with one attached hydrogen (secondary N) is 1. The van der Waals surface area contributed by atoms with Crippen molar-refractivity contribution < 1.29 is 9.59 Å². The van der Waals surface area contributed by atoms with Crippen LogP contribution in [0.25, 0.3) is 10.9 Å². The first-order chi connectivity index (χ1) is 7.27. The first-order valence-corrected chi connectivity index (χ1v) is 4.38. The summed E-state index contributed by atoms with van der Waals surface area (Å²) in [6, 6.07) is 7.21.